The fourth-order valence-electron chi connectivity index (χ4n) is 1.44. The third-order valence-electron chi connectivity index (χ3n) is 2.37. The smallest absolute Gasteiger partial charge is 0.310 e. The van der Waals surface area contributed by atoms with Crippen LogP contribution in [0.4, 0.5) is 5.69 Å². The quantitative estimate of drug-likeness (QED) is 0.471. The van der Waals surface area contributed by atoms with E-state index in [1.807, 2.05) is 11.4 Å². The van der Waals surface area contributed by atoms with Crippen LogP contribution in [0, 0.1) is 10.1 Å². The molecule has 0 radical (unpaired) electrons. The van der Waals surface area contributed by atoms with Crippen LogP contribution in [0.5, 0.6) is 5.75 Å². The Balaban J connectivity index is 2.25. The lowest BCUT2D eigenvalue weighted by Gasteiger charge is -2.06. The summed E-state index contributed by atoms with van der Waals surface area (Å²) in [6, 6.07) is 5.90. The van der Waals surface area contributed by atoms with E-state index in [9.17, 15) is 14.9 Å². The Labute approximate surface area is 121 Å². The maximum Gasteiger partial charge on any atom is 0.310 e. The monoisotopic (exact) mass is 341 g/mol. The van der Waals surface area contributed by atoms with Gasteiger partial charge in [0.15, 0.2) is 5.75 Å². The van der Waals surface area contributed by atoms with Gasteiger partial charge in [0.05, 0.1) is 9.80 Å². The van der Waals surface area contributed by atoms with Gasteiger partial charge in [0.25, 0.3) is 0 Å². The highest BCUT2D eigenvalue weighted by Crippen LogP contribution is 2.30. The minimum atomic E-state index is -0.534. The highest BCUT2D eigenvalue weighted by Gasteiger charge is 2.16. The van der Waals surface area contributed by atoms with Gasteiger partial charge in [0.2, 0.25) is 0 Å². The van der Waals surface area contributed by atoms with Crippen molar-refractivity contribution in [2.24, 2.45) is 0 Å². The standard InChI is InChI=1S/C12H8BrNO4S/c13-9-3-4-19-12(9)7-18-11-5-8(6-15)1-2-10(11)14(16)17/h1-6H,7H2. The zero-order valence-electron chi connectivity index (χ0n) is 9.54. The lowest BCUT2D eigenvalue weighted by Crippen LogP contribution is -1.99. The minimum absolute atomic E-state index is 0.0925. The Morgan fingerprint density at radius 1 is 1.42 bits per heavy atom. The maximum atomic E-state index is 10.9. The summed E-state index contributed by atoms with van der Waals surface area (Å²) < 4.78 is 6.34. The zero-order chi connectivity index (χ0) is 13.8. The molecule has 0 aliphatic rings. The van der Waals surface area contributed by atoms with E-state index >= 15 is 0 Å². The van der Waals surface area contributed by atoms with Crippen molar-refractivity contribution in [3.8, 4) is 5.75 Å². The number of ether oxygens (including phenoxy) is 1. The van der Waals surface area contributed by atoms with Gasteiger partial charge >= 0.3 is 5.69 Å². The van der Waals surface area contributed by atoms with Crippen LogP contribution in [-0.2, 0) is 6.61 Å². The molecule has 0 unspecified atom stereocenters. The zero-order valence-corrected chi connectivity index (χ0v) is 11.9. The summed E-state index contributed by atoms with van der Waals surface area (Å²) in [7, 11) is 0. The Morgan fingerprint density at radius 2 is 2.21 bits per heavy atom. The predicted molar refractivity (Wildman–Crippen MR) is 74.8 cm³/mol. The molecule has 7 heteroatoms. The molecule has 0 saturated heterocycles. The lowest BCUT2D eigenvalue weighted by molar-refractivity contribution is -0.385. The van der Waals surface area contributed by atoms with Crippen LogP contribution >= 0.6 is 27.3 Å². The molecule has 0 bridgehead atoms. The number of nitro benzene ring substituents is 1. The molecular weight excluding hydrogens is 334 g/mol. The van der Waals surface area contributed by atoms with E-state index in [0.717, 1.165) is 9.35 Å². The summed E-state index contributed by atoms with van der Waals surface area (Å²) in [5.41, 5.74) is 0.184. The number of halogens is 1. The van der Waals surface area contributed by atoms with Crippen molar-refractivity contribution in [1.82, 2.24) is 0 Å². The van der Waals surface area contributed by atoms with E-state index in [4.69, 9.17) is 4.74 Å². The third kappa shape index (κ3) is 3.18. The number of thiophene rings is 1. The third-order valence-corrected chi connectivity index (χ3v) is 4.27. The summed E-state index contributed by atoms with van der Waals surface area (Å²) in [6.07, 6.45) is 0.623. The van der Waals surface area contributed by atoms with E-state index in [1.54, 1.807) is 0 Å². The molecule has 98 valence electrons. The minimum Gasteiger partial charge on any atom is -0.481 e. The van der Waals surface area contributed by atoms with Crippen LogP contribution < -0.4 is 4.74 Å². The van der Waals surface area contributed by atoms with Crippen molar-refractivity contribution < 1.29 is 14.5 Å². The van der Waals surface area contributed by atoms with Crippen molar-refractivity contribution in [2.45, 2.75) is 6.61 Å². The molecule has 2 rings (SSSR count). The number of carbonyl (C=O) groups excluding carboxylic acids is 1. The number of rotatable bonds is 5. The first-order chi connectivity index (χ1) is 9.11. The molecule has 19 heavy (non-hydrogen) atoms. The molecule has 0 aliphatic carbocycles. The molecule has 2 aromatic rings. The second-order valence-electron chi connectivity index (χ2n) is 3.58. The Kier molecular flexibility index (Phi) is 4.28. The van der Waals surface area contributed by atoms with E-state index in [1.165, 1.54) is 29.5 Å². The molecule has 5 nitrogen and oxygen atoms in total. The molecule has 0 N–H and O–H groups in total. The van der Waals surface area contributed by atoms with E-state index < -0.39 is 4.92 Å². The summed E-state index contributed by atoms with van der Waals surface area (Å²) in [5.74, 6) is 0.0925. The molecule has 0 aliphatic heterocycles. The van der Waals surface area contributed by atoms with Gasteiger partial charge in [-0.25, -0.2) is 0 Å². The Hall–Kier alpha value is -1.73. The number of hydrogen-bond acceptors (Lipinski definition) is 5. The average molecular weight is 342 g/mol. The Morgan fingerprint density at radius 3 is 2.79 bits per heavy atom. The van der Waals surface area contributed by atoms with Gasteiger partial charge in [-0.05, 0) is 39.5 Å². The largest absolute Gasteiger partial charge is 0.481 e. The van der Waals surface area contributed by atoms with Gasteiger partial charge in [-0.2, -0.15) is 0 Å². The summed E-state index contributed by atoms with van der Waals surface area (Å²) >= 11 is 4.84. The maximum absolute atomic E-state index is 10.9. The molecule has 0 spiro atoms. The fourth-order valence-corrected chi connectivity index (χ4v) is 2.82. The van der Waals surface area contributed by atoms with Crippen LogP contribution in [0.15, 0.2) is 34.1 Å². The molecule has 1 aromatic heterocycles. The summed E-state index contributed by atoms with van der Waals surface area (Å²) in [4.78, 5) is 22.0. The van der Waals surface area contributed by atoms with Gasteiger partial charge in [0, 0.05) is 16.1 Å². The van der Waals surface area contributed by atoms with Crippen molar-refractivity contribution in [2.75, 3.05) is 0 Å². The number of nitro groups is 1. The number of benzene rings is 1. The van der Waals surface area contributed by atoms with Crippen LogP contribution in [0.2, 0.25) is 0 Å². The van der Waals surface area contributed by atoms with E-state index in [2.05, 4.69) is 15.9 Å². The topological polar surface area (TPSA) is 69.4 Å². The average Bonchev–Trinajstić information content (AvgIpc) is 2.81. The van der Waals surface area contributed by atoms with Crippen LogP contribution in [0.1, 0.15) is 15.2 Å². The molecule has 1 aromatic carbocycles. The molecule has 0 fully saturated rings. The molecule has 1 heterocycles. The Bertz CT molecular complexity index is 626. The highest BCUT2D eigenvalue weighted by atomic mass is 79.9. The second kappa shape index (κ2) is 5.94. The number of nitrogens with zero attached hydrogens (tertiary/aromatic N) is 1. The van der Waals surface area contributed by atoms with Crippen molar-refractivity contribution >= 4 is 39.2 Å². The lowest BCUT2D eigenvalue weighted by atomic mass is 10.2. The highest BCUT2D eigenvalue weighted by molar-refractivity contribution is 9.10. The SMILES string of the molecule is O=Cc1ccc([N+](=O)[O-])c(OCc2sccc2Br)c1. The molecule has 0 atom stereocenters. The van der Waals surface area contributed by atoms with E-state index in [0.29, 0.717) is 11.8 Å². The fraction of sp³-hybridized carbons (Fsp3) is 0.0833. The summed E-state index contributed by atoms with van der Waals surface area (Å²) in [5, 5.41) is 12.8. The van der Waals surface area contributed by atoms with Gasteiger partial charge in [-0.1, -0.05) is 0 Å². The normalized spacial score (nSPS) is 10.2. The van der Waals surface area contributed by atoms with Gasteiger partial charge < -0.3 is 4.74 Å². The van der Waals surface area contributed by atoms with E-state index in [-0.39, 0.29) is 18.0 Å². The first-order valence-electron chi connectivity index (χ1n) is 5.20. The predicted octanol–water partition coefficient (Wildman–Crippen LogP) is 3.81. The van der Waals surface area contributed by atoms with Crippen LogP contribution in [0.3, 0.4) is 0 Å². The number of hydrogen-bond donors (Lipinski definition) is 0. The van der Waals surface area contributed by atoms with Crippen molar-refractivity contribution in [3.63, 3.8) is 0 Å². The number of aldehydes is 1. The van der Waals surface area contributed by atoms with Crippen molar-refractivity contribution in [1.29, 1.82) is 0 Å². The van der Waals surface area contributed by atoms with Crippen LogP contribution in [-0.4, -0.2) is 11.2 Å². The molecular formula is C12H8BrNO4S. The first-order valence-corrected chi connectivity index (χ1v) is 6.87. The molecule has 0 saturated carbocycles. The van der Waals surface area contributed by atoms with Gasteiger partial charge in [-0.3, -0.25) is 14.9 Å². The second-order valence-corrected chi connectivity index (χ2v) is 5.44. The van der Waals surface area contributed by atoms with Gasteiger partial charge in [-0.15, -0.1) is 11.3 Å². The summed E-state index contributed by atoms with van der Waals surface area (Å²) in [6.45, 7) is 0.210. The number of carbonyl (C=O) groups is 1. The van der Waals surface area contributed by atoms with Crippen molar-refractivity contribution in [3.05, 3.63) is 54.7 Å². The van der Waals surface area contributed by atoms with Crippen LogP contribution in [0.25, 0.3) is 0 Å². The first kappa shape index (κ1) is 13.7. The van der Waals surface area contributed by atoms with Gasteiger partial charge in [0.1, 0.15) is 12.9 Å². The molecule has 0 amide bonds.